The van der Waals surface area contributed by atoms with E-state index in [9.17, 15) is 28.0 Å². The third-order valence-corrected chi connectivity index (χ3v) is 5.14. The van der Waals surface area contributed by atoms with Crippen LogP contribution in [0, 0.1) is 5.92 Å². The lowest BCUT2D eigenvalue weighted by molar-refractivity contribution is -0.139. The molecule has 10 heteroatoms. The molecule has 1 fully saturated rings. The summed E-state index contributed by atoms with van der Waals surface area (Å²) >= 11 is 5.97. The first-order chi connectivity index (χ1) is 14.0. The minimum Gasteiger partial charge on any atom is -0.353 e. The van der Waals surface area contributed by atoms with Crippen LogP contribution in [0.4, 0.5) is 14.5 Å². The van der Waals surface area contributed by atoms with Gasteiger partial charge in [-0.1, -0.05) is 18.0 Å². The average molecular weight is 444 g/mol. The maximum absolute atomic E-state index is 13.3. The highest BCUT2D eigenvalue weighted by molar-refractivity contribution is 6.38. The zero-order valence-electron chi connectivity index (χ0n) is 16.7. The number of carbonyl (C=O) groups is 4. The highest BCUT2D eigenvalue weighted by atomic mass is 35.5. The van der Waals surface area contributed by atoms with E-state index in [-0.39, 0.29) is 28.1 Å². The molecule has 0 bridgehead atoms. The highest BCUT2D eigenvalue weighted by Gasteiger charge is 2.32. The second kappa shape index (κ2) is 9.97. The molecule has 3 N–H and O–H groups in total. The topological polar surface area (TPSA) is 104 Å². The highest BCUT2D eigenvalue weighted by Crippen LogP contribution is 2.29. The van der Waals surface area contributed by atoms with Gasteiger partial charge in [-0.05, 0) is 44.4 Å². The fourth-order valence-corrected chi connectivity index (χ4v) is 3.07. The number of benzene rings is 1. The van der Waals surface area contributed by atoms with Crippen molar-refractivity contribution in [1.82, 2.24) is 10.6 Å². The van der Waals surface area contributed by atoms with E-state index >= 15 is 0 Å². The minimum atomic E-state index is -3.08. The maximum atomic E-state index is 13.3. The smallest absolute Gasteiger partial charge is 0.289 e. The van der Waals surface area contributed by atoms with Crippen LogP contribution >= 0.6 is 11.6 Å². The molecular weight excluding hydrogens is 420 g/mol. The summed E-state index contributed by atoms with van der Waals surface area (Å²) in [6.45, 7) is 0.682. The van der Waals surface area contributed by atoms with Crippen LogP contribution in [-0.4, -0.2) is 42.5 Å². The molecule has 0 heterocycles. The normalized spacial score (nSPS) is 15.0. The summed E-state index contributed by atoms with van der Waals surface area (Å²) in [5.41, 5.74) is 0.147. The number of halogens is 3. The Morgan fingerprint density at radius 2 is 1.90 bits per heavy atom. The summed E-state index contributed by atoms with van der Waals surface area (Å²) in [6.07, 6.45) is 1.33. The Morgan fingerprint density at radius 3 is 2.43 bits per heavy atom. The summed E-state index contributed by atoms with van der Waals surface area (Å²) in [7, 11) is 1.22. The second-order valence-corrected chi connectivity index (χ2v) is 7.82. The molecule has 30 heavy (non-hydrogen) atoms. The minimum absolute atomic E-state index is 0.0341. The SMILES string of the molecule is CNC(=O)C(=O)[C@H](CCC(C)(F)F)NC(=O)c1cc(Cl)ccc1NC(=O)C1CCC1. The van der Waals surface area contributed by atoms with Crippen LogP contribution in [0.15, 0.2) is 18.2 Å². The second-order valence-electron chi connectivity index (χ2n) is 7.39. The number of carbonyl (C=O) groups excluding carboxylic acids is 4. The van der Waals surface area contributed by atoms with Crippen molar-refractivity contribution in [2.45, 2.75) is 51.0 Å². The van der Waals surface area contributed by atoms with E-state index in [1.165, 1.54) is 25.2 Å². The summed E-state index contributed by atoms with van der Waals surface area (Å²) in [6, 6.07) is 2.77. The van der Waals surface area contributed by atoms with Crippen molar-refractivity contribution in [3.8, 4) is 0 Å². The van der Waals surface area contributed by atoms with E-state index in [4.69, 9.17) is 11.6 Å². The molecule has 1 saturated carbocycles. The number of hydrogen-bond acceptors (Lipinski definition) is 4. The van der Waals surface area contributed by atoms with Crippen molar-refractivity contribution in [3.05, 3.63) is 28.8 Å². The Bertz CT molecular complexity index is 838. The van der Waals surface area contributed by atoms with E-state index in [2.05, 4.69) is 16.0 Å². The number of likely N-dealkylation sites (N-methyl/N-ethyl adjacent to an activating group) is 1. The van der Waals surface area contributed by atoms with Gasteiger partial charge in [0.2, 0.25) is 17.6 Å². The monoisotopic (exact) mass is 443 g/mol. The number of hydrogen-bond donors (Lipinski definition) is 3. The van der Waals surface area contributed by atoms with Crippen LogP contribution in [0.5, 0.6) is 0 Å². The lowest BCUT2D eigenvalue weighted by Gasteiger charge is -2.25. The quantitative estimate of drug-likeness (QED) is 0.510. The predicted molar refractivity (Wildman–Crippen MR) is 108 cm³/mol. The number of Topliss-reactive ketones (excluding diaryl/α,β-unsaturated/α-hetero) is 1. The molecule has 0 aromatic heterocycles. The third kappa shape index (κ3) is 6.48. The predicted octanol–water partition coefficient (Wildman–Crippen LogP) is 2.93. The van der Waals surface area contributed by atoms with Crippen LogP contribution in [-0.2, 0) is 14.4 Å². The molecule has 1 aliphatic carbocycles. The van der Waals surface area contributed by atoms with Crippen molar-refractivity contribution in [2.75, 3.05) is 12.4 Å². The first-order valence-electron chi connectivity index (χ1n) is 9.57. The lowest BCUT2D eigenvalue weighted by Crippen LogP contribution is -2.47. The van der Waals surface area contributed by atoms with E-state index in [1.54, 1.807) is 0 Å². The van der Waals surface area contributed by atoms with Crippen LogP contribution < -0.4 is 16.0 Å². The number of nitrogens with one attached hydrogen (secondary N) is 3. The molecule has 0 spiro atoms. The number of amides is 3. The molecule has 1 atom stereocenters. The maximum Gasteiger partial charge on any atom is 0.289 e. The van der Waals surface area contributed by atoms with Gasteiger partial charge in [0.15, 0.2) is 0 Å². The van der Waals surface area contributed by atoms with Gasteiger partial charge in [-0.3, -0.25) is 19.2 Å². The Kier molecular flexibility index (Phi) is 7.89. The third-order valence-electron chi connectivity index (χ3n) is 4.90. The lowest BCUT2D eigenvalue weighted by atomic mass is 9.85. The Balaban J connectivity index is 2.22. The van der Waals surface area contributed by atoms with Crippen LogP contribution in [0.3, 0.4) is 0 Å². The van der Waals surface area contributed by atoms with Gasteiger partial charge in [-0.2, -0.15) is 0 Å². The zero-order chi connectivity index (χ0) is 22.5. The fourth-order valence-electron chi connectivity index (χ4n) is 2.90. The van der Waals surface area contributed by atoms with Crippen molar-refractivity contribution >= 4 is 40.8 Å². The molecule has 164 valence electrons. The van der Waals surface area contributed by atoms with Crippen LogP contribution in [0.25, 0.3) is 0 Å². The molecule has 0 aliphatic heterocycles. The van der Waals surface area contributed by atoms with Crippen molar-refractivity contribution in [2.24, 2.45) is 5.92 Å². The van der Waals surface area contributed by atoms with Crippen molar-refractivity contribution in [1.29, 1.82) is 0 Å². The van der Waals surface area contributed by atoms with Gasteiger partial charge in [0.25, 0.3) is 11.8 Å². The molecule has 3 amide bonds. The molecule has 0 saturated heterocycles. The summed E-state index contributed by atoms with van der Waals surface area (Å²) in [4.78, 5) is 49.0. The van der Waals surface area contributed by atoms with E-state index < -0.39 is 42.4 Å². The molecular formula is C20H24ClF2N3O4. The molecule has 0 radical (unpaired) electrons. The van der Waals surface area contributed by atoms with Gasteiger partial charge in [-0.15, -0.1) is 0 Å². The number of ketones is 1. The van der Waals surface area contributed by atoms with E-state index in [1.807, 2.05) is 0 Å². The summed E-state index contributed by atoms with van der Waals surface area (Å²) < 4.78 is 26.6. The molecule has 7 nitrogen and oxygen atoms in total. The Labute approximate surface area is 177 Å². The van der Waals surface area contributed by atoms with E-state index in [0.29, 0.717) is 6.92 Å². The Morgan fingerprint density at radius 1 is 1.23 bits per heavy atom. The number of alkyl halides is 2. The van der Waals surface area contributed by atoms with Crippen LogP contribution in [0.2, 0.25) is 5.02 Å². The van der Waals surface area contributed by atoms with Crippen molar-refractivity contribution < 1.29 is 28.0 Å². The molecule has 1 aromatic rings. The van der Waals surface area contributed by atoms with E-state index in [0.717, 1.165) is 19.3 Å². The van der Waals surface area contributed by atoms with Gasteiger partial charge >= 0.3 is 0 Å². The molecule has 2 rings (SSSR count). The first-order valence-corrected chi connectivity index (χ1v) is 9.94. The van der Waals surface area contributed by atoms with Gasteiger partial charge in [0.1, 0.15) is 0 Å². The van der Waals surface area contributed by atoms with Gasteiger partial charge in [0, 0.05) is 24.4 Å². The Hall–Kier alpha value is -2.55. The number of rotatable bonds is 9. The van der Waals surface area contributed by atoms with Gasteiger partial charge in [0.05, 0.1) is 17.3 Å². The molecule has 1 aromatic carbocycles. The summed E-state index contributed by atoms with van der Waals surface area (Å²) in [5.74, 6) is -6.32. The van der Waals surface area contributed by atoms with Gasteiger partial charge in [-0.25, -0.2) is 8.78 Å². The first kappa shape index (κ1) is 23.7. The largest absolute Gasteiger partial charge is 0.353 e. The van der Waals surface area contributed by atoms with Crippen LogP contribution in [0.1, 0.15) is 49.4 Å². The average Bonchev–Trinajstić information content (AvgIpc) is 2.62. The summed E-state index contributed by atoms with van der Waals surface area (Å²) in [5, 5.41) is 7.32. The molecule has 0 unspecified atom stereocenters. The molecule has 1 aliphatic rings. The standard InChI is InChI=1S/C20H24ClF2N3O4/c1-20(22,23)9-8-15(16(27)19(30)24-2)26-18(29)13-10-12(21)6-7-14(13)25-17(28)11-4-3-5-11/h6-7,10-11,15H,3-5,8-9H2,1-2H3,(H,24,30)(H,25,28)(H,26,29)/t15-/m0/s1. The zero-order valence-corrected chi connectivity index (χ0v) is 17.4. The van der Waals surface area contributed by atoms with Gasteiger partial charge < -0.3 is 16.0 Å². The van der Waals surface area contributed by atoms with Crippen molar-refractivity contribution in [3.63, 3.8) is 0 Å². The number of anilines is 1. The fraction of sp³-hybridized carbons (Fsp3) is 0.500.